The summed E-state index contributed by atoms with van der Waals surface area (Å²) in [6, 6.07) is 5.34. The molecule has 3 heteroatoms. The van der Waals surface area contributed by atoms with Gasteiger partial charge in [-0.15, -0.1) is 0 Å². The van der Waals surface area contributed by atoms with Crippen LogP contribution in [0.25, 0.3) is 0 Å². The number of Topliss-reactive ketones (excluding diaryl/α,β-unsaturated/α-hetero) is 1. The molecule has 0 radical (unpaired) electrons. The monoisotopic (exact) mass is 282 g/mol. The average Bonchev–Trinajstić information content (AvgIpc) is 2.35. The van der Waals surface area contributed by atoms with Gasteiger partial charge >= 0.3 is 0 Å². The Bertz CT molecular complexity index is 457. The third kappa shape index (κ3) is 3.60. The second-order valence-corrected chi connectivity index (χ2v) is 5.51. The molecule has 0 N–H and O–H groups in total. The van der Waals surface area contributed by atoms with E-state index in [1.165, 1.54) is 18.4 Å². The van der Waals surface area contributed by atoms with Crippen LogP contribution in [0.5, 0.6) is 0 Å². The highest BCUT2D eigenvalue weighted by atomic mass is 35.5. The van der Waals surface area contributed by atoms with Crippen molar-refractivity contribution >= 4 is 29.0 Å². The maximum Gasteiger partial charge on any atom is 0.141 e. The zero-order chi connectivity index (χ0) is 13.0. The number of carbonyl (C=O) groups is 1. The summed E-state index contributed by atoms with van der Waals surface area (Å²) in [6.07, 6.45) is 7.68. The molecule has 0 aromatic heterocycles. The van der Waals surface area contributed by atoms with Gasteiger partial charge in [0.15, 0.2) is 0 Å². The zero-order valence-electron chi connectivity index (χ0n) is 10.2. The highest BCUT2D eigenvalue weighted by Crippen LogP contribution is 2.26. The first-order valence-corrected chi connectivity index (χ1v) is 7.05. The zero-order valence-corrected chi connectivity index (χ0v) is 11.7. The summed E-state index contributed by atoms with van der Waals surface area (Å²) in [5.74, 6) is 0.193. The van der Waals surface area contributed by atoms with E-state index in [0.717, 1.165) is 18.4 Å². The fourth-order valence-electron chi connectivity index (χ4n) is 2.28. The second-order valence-electron chi connectivity index (χ2n) is 4.70. The Morgan fingerprint density at radius 1 is 1.11 bits per heavy atom. The average molecular weight is 283 g/mol. The van der Waals surface area contributed by atoms with E-state index in [4.69, 9.17) is 23.2 Å². The second kappa shape index (κ2) is 6.40. The van der Waals surface area contributed by atoms with E-state index >= 15 is 0 Å². The lowest BCUT2D eigenvalue weighted by molar-refractivity contribution is -0.117. The predicted molar refractivity (Wildman–Crippen MR) is 76.3 cm³/mol. The fraction of sp³-hybridized carbons (Fsp3) is 0.400. The van der Waals surface area contributed by atoms with Gasteiger partial charge in [0.2, 0.25) is 0 Å². The number of carbonyl (C=O) groups excluding carboxylic acids is 1. The van der Waals surface area contributed by atoms with Crippen LogP contribution in [0.2, 0.25) is 10.0 Å². The van der Waals surface area contributed by atoms with Crippen molar-refractivity contribution < 1.29 is 4.79 Å². The van der Waals surface area contributed by atoms with Crippen LogP contribution >= 0.6 is 23.2 Å². The Morgan fingerprint density at radius 3 is 2.44 bits per heavy atom. The number of benzene rings is 1. The molecular weight excluding hydrogens is 267 g/mol. The highest BCUT2D eigenvalue weighted by Gasteiger charge is 2.13. The Morgan fingerprint density at radius 2 is 1.83 bits per heavy atom. The van der Waals surface area contributed by atoms with Crippen molar-refractivity contribution in [3.8, 4) is 0 Å². The first-order valence-electron chi connectivity index (χ1n) is 6.29. The molecule has 0 heterocycles. The van der Waals surface area contributed by atoms with E-state index in [9.17, 15) is 4.79 Å². The van der Waals surface area contributed by atoms with Crippen molar-refractivity contribution in [3.05, 3.63) is 45.5 Å². The van der Waals surface area contributed by atoms with Gasteiger partial charge in [0.05, 0.1) is 0 Å². The predicted octanol–water partition coefficient (Wildman–Crippen LogP) is 5.00. The van der Waals surface area contributed by atoms with Gasteiger partial charge in [-0.05, 0) is 43.4 Å². The normalized spacial score (nSPS) is 15.3. The van der Waals surface area contributed by atoms with Crippen molar-refractivity contribution in [1.29, 1.82) is 0 Å². The molecule has 96 valence electrons. The van der Waals surface area contributed by atoms with Crippen molar-refractivity contribution in [3.63, 3.8) is 0 Å². The molecule has 0 bridgehead atoms. The lowest BCUT2D eigenvalue weighted by atomic mass is 9.94. The molecule has 1 aliphatic carbocycles. The number of hydrogen-bond donors (Lipinski definition) is 0. The maximum atomic E-state index is 12.0. The molecular formula is C15H16Cl2O. The third-order valence-electron chi connectivity index (χ3n) is 3.24. The maximum absolute atomic E-state index is 12.0. The highest BCUT2D eigenvalue weighted by molar-refractivity contribution is 6.36. The van der Waals surface area contributed by atoms with Gasteiger partial charge in [0.25, 0.3) is 0 Å². The van der Waals surface area contributed by atoms with Crippen LogP contribution in [-0.4, -0.2) is 5.78 Å². The van der Waals surface area contributed by atoms with Crippen molar-refractivity contribution in [1.82, 2.24) is 0 Å². The molecule has 1 aromatic carbocycles. The minimum Gasteiger partial charge on any atom is -0.299 e. The summed E-state index contributed by atoms with van der Waals surface area (Å²) in [7, 11) is 0. The number of rotatable bonds is 4. The third-order valence-corrected chi connectivity index (χ3v) is 3.95. The Hall–Kier alpha value is -0.790. The lowest BCUT2D eigenvalue weighted by Gasteiger charge is -2.12. The molecule has 0 saturated carbocycles. The topological polar surface area (TPSA) is 17.1 Å². The minimum atomic E-state index is 0.193. The van der Waals surface area contributed by atoms with Crippen LogP contribution in [0.4, 0.5) is 0 Å². The van der Waals surface area contributed by atoms with E-state index in [2.05, 4.69) is 6.08 Å². The summed E-state index contributed by atoms with van der Waals surface area (Å²) < 4.78 is 0. The summed E-state index contributed by atoms with van der Waals surface area (Å²) in [6.45, 7) is 0. The Balaban J connectivity index is 2.01. The Labute approximate surface area is 118 Å². The molecule has 1 aromatic rings. The number of allylic oxidation sites excluding steroid dienone is 2. The van der Waals surface area contributed by atoms with Crippen LogP contribution < -0.4 is 0 Å². The van der Waals surface area contributed by atoms with Crippen LogP contribution in [0.15, 0.2) is 29.8 Å². The van der Waals surface area contributed by atoms with Crippen LogP contribution in [0, 0.1) is 0 Å². The number of ketones is 1. The van der Waals surface area contributed by atoms with E-state index in [0.29, 0.717) is 22.9 Å². The molecule has 1 nitrogen and oxygen atoms in total. The van der Waals surface area contributed by atoms with Crippen molar-refractivity contribution in [2.24, 2.45) is 0 Å². The molecule has 0 spiro atoms. The number of halogens is 2. The summed E-state index contributed by atoms with van der Waals surface area (Å²) >= 11 is 12.1. The molecule has 0 amide bonds. The summed E-state index contributed by atoms with van der Waals surface area (Å²) in [4.78, 5) is 12.0. The molecule has 0 saturated heterocycles. The van der Waals surface area contributed by atoms with Gasteiger partial charge in [-0.2, -0.15) is 0 Å². The fourth-order valence-corrected chi connectivity index (χ4v) is 2.81. The van der Waals surface area contributed by atoms with Crippen molar-refractivity contribution in [2.75, 3.05) is 0 Å². The summed E-state index contributed by atoms with van der Waals surface area (Å²) in [5.41, 5.74) is 2.02. The first-order chi connectivity index (χ1) is 8.66. The van der Waals surface area contributed by atoms with E-state index in [1.807, 2.05) is 0 Å². The van der Waals surface area contributed by atoms with E-state index in [-0.39, 0.29) is 5.78 Å². The van der Waals surface area contributed by atoms with E-state index in [1.54, 1.807) is 18.2 Å². The molecule has 18 heavy (non-hydrogen) atoms. The summed E-state index contributed by atoms with van der Waals surface area (Å²) in [5, 5.41) is 1.15. The molecule has 2 rings (SSSR count). The van der Waals surface area contributed by atoms with Crippen LogP contribution in [0.1, 0.15) is 37.7 Å². The standard InChI is InChI=1S/C15H16Cl2O/c16-14-7-4-8-15(17)13(14)10-12(18)9-11-5-2-1-3-6-11/h4-5,7-8H,1-3,6,9-10H2. The molecule has 0 fully saturated rings. The molecule has 0 atom stereocenters. The molecule has 1 aliphatic rings. The number of hydrogen-bond acceptors (Lipinski definition) is 1. The SMILES string of the molecule is O=C(CC1=CCCCC1)Cc1c(Cl)cccc1Cl. The molecule has 0 unspecified atom stereocenters. The van der Waals surface area contributed by atoms with Gasteiger partial charge in [-0.3, -0.25) is 4.79 Å². The van der Waals surface area contributed by atoms with Gasteiger partial charge in [0.1, 0.15) is 5.78 Å². The van der Waals surface area contributed by atoms with Gasteiger partial charge < -0.3 is 0 Å². The largest absolute Gasteiger partial charge is 0.299 e. The quantitative estimate of drug-likeness (QED) is 0.711. The Kier molecular flexibility index (Phi) is 4.85. The van der Waals surface area contributed by atoms with Crippen molar-refractivity contribution in [2.45, 2.75) is 38.5 Å². The van der Waals surface area contributed by atoms with Crippen LogP contribution in [0.3, 0.4) is 0 Å². The van der Waals surface area contributed by atoms with Gasteiger partial charge in [0, 0.05) is 22.9 Å². The lowest BCUT2D eigenvalue weighted by Crippen LogP contribution is -2.06. The van der Waals surface area contributed by atoms with Gasteiger partial charge in [-0.1, -0.05) is 40.9 Å². The van der Waals surface area contributed by atoms with E-state index < -0.39 is 0 Å². The first kappa shape index (κ1) is 13.6. The smallest absolute Gasteiger partial charge is 0.141 e. The van der Waals surface area contributed by atoms with Crippen LogP contribution in [-0.2, 0) is 11.2 Å². The van der Waals surface area contributed by atoms with Gasteiger partial charge in [-0.25, -0.2) is 0 Å². The minimum absolute atomic E-state index is 0.193. The molecule has 0 aliphatic heterocycles.